The molecule has 0 bridgehead atoms. The van der Waals surface area contributed by atoms with Gasteiger partial charge in [0.2, 0.25) is 5.91 Å². The lowest BCUT2D eigenvalue weighted by molar-refractivity contribution is -0.144. The Kier molecular flexibility index (Phi) is 7.93. The van der Waals surface area contributed by atoms with Gasteiger partial charge in [0.05, 0.1) is 5.41 Å². The van der Waals surface area contributed by atoms with E-state index in [1.54, 1.807) is 0 Å². The molecule has 1 N–H and O–H groups in total. The molecule has 22 heavy (non-hydrogen) atoms. The average Bonchev–Trinajstić information content (AvgIpc) is 3.02. The Morgan fingerprint density at radius 1 is 1.05 bits per heavy atom. The second-order valence-corrected chi connectivity index (χ2v) is 7.11. The van der Waals surface area contributed by atoms with Crippen LogP contribution in [0.3, 0.4) is 0 Å². The fourth-order valence-corrected chi connectivity index (χ4v) is 4.18. The third-order valence-corrected chi connectivity index (χ3v) is 5.56. The van der Waals surface area contributed by atoms with E-state index in [0.29, 0.717) is 5.91 Å². The summed E-state index contributed by atoms with van der Waals surface area (Å²) in [6.45, 7) is 8.10. The van der Waals surface area contributed by atoms with Crippen LogP contribution in [0.1, 0.15) is 45.4 Å². The Morgan fingerprint density at radius 2 is 1.68 bits per heavy atom. The predicted molar refractivity (Wildman–Crippen MR) is 95.1 cm³/mol. The molecule has 0 aromatic rings. The van der Waals surface area contributed by atoms with Gasteiger partial charge in [-0.25, -0.2) is 0 Å². The summed E-state index contributed by atoms with van der Waals surface area (Å²) in [5.41, 5.74) is -0.159. The van der Waals surface area contributed by atoms with Crippen LogP contribution in [0, 0.1) is 5.41 Å². The maximum absolute atomic E-state index is 12.8. The van der Waals surface area contributed by atoms with Crippen LogP contribution in [0.4, 0.5) is 0 Å². The fraction of sp³-hybridized carbons (Fsp3) is 0.938. The van der Waals surface area contributed by atoms with Gasteiger partial charge in [-0.3, -0.25) is 9.69 Å². The third kappa shape index (κ3) is 4.28. The van der Waals surface area contributed by atoms with E-state index in [0.717, 1.165) is 58.2 Å². The van der Waals surface area contributed by atoms with Gasteiger partial charge in [-0.05, 0) is 39.2 Å². The monoisotopic (exact) mass is 351 g/mol. The molecule has 130 valence electrons. The molecule has 2 aliphatic heterocycles. The van der Waals surface area contributed by atoms with Crippen molar-refractivity contribution in [1.29, 1.82) is 0 Å². The summed E-state index contributed by atoms with van der Waals surface area (Å²) in [6.07, 6.45) is 7.71. The number of hydrogen-bond donors (Lipinski definition) is 1. The van der Waals surface area contributed by atoms with E-state index in [9.17, 15) is 4.79 Å². The van der Waals surface area contributed by atoms with E-state index >= 15 is 0 Å². The molecule has 3 fully saturated rings. The predicted octanol–water partition coefficient (Wildman–Crippen LogP) is 2.31. The number of amides is 1. The second kappa shape index (κ2) is 8.72. The minimum atomic E-state index is -0.159. The number of carbonyl (C=O) groups is 1. The Morgan fingerprint density at radius 3 is 2.23 bits per heavy atom. The number of piperidine rings is 1. The highest BCUT2D eigenvalue weighted by Crippen LogP contribution is 2.29. The molecule has 3 aliphatic rings. The molecular weight excluding hydrogens is 321 g/mol. The Hall–Kier alpha value is -0.0300. The molecule has 0 aromatic heterocycles. The van der Waals surface area contributed by atoms with Gasteiger partial charge in [-0.15, -0.1) is 24.8 Å². The average molecular weight is 352 g/mol. The van der Waals surface area contributed by atoms with Gasteiger partial charge in [0, 0.05) is 38.8 Å². The molecule has 2 saturated heterocycles. The van der Waals surface area contributed by atoms with Crippen LogP contribution in [0.2, 0.25) is 0 Å². The van der Waals surface area contributed by atoms with Crippen molar-refractivity contribution in [3.63, 3.8) is 0 Å². The molecule has 1 saturated carbocycles. The van der Waals surface area contributed by atoms with E-state index in [2.05, 4.69) is 22.0 Å². The molecule has 0 aromatic carbocycles. The molecule has 3 rings (SSSR count). The topological polar surface area (TPSA) is 35.6 Å². The molecule has 4 nitrogen and oxygen atoms in total. The number of rotatable bonds is 2. The van der Waals surface area contributed by atoms with E-state index in [4.69, 9.17) is 0 Å². The Balaban J connectivity index is 0.00000121. The van der Waals surface area contributed by atoms with Crippen molar-refractivity contribution in [2.24, 2.45) is 5.41 Å². The molecule has 1 amide bonds. The van der Waals surface area contributed by atoms with Gasteiger partial charge in [-0.2, -0.15) is 0 Å². The van der Waals surface area contributed by atoms with Crippen molar-refractivity contribution in [3.8, 4) is 0 Å². The molecule has 6 heteroatoms. The minimum Gasteiger partial charge on any atom is -0.340 e. The first-order valence-electron chi connectivity index (χ1n) is 8.43. The fourth-order valence-electron chi connectivity index (χ4n) is 4.18. The van der Waals surface area contributed by atoms with Crippen LogP contribution in [0.15, 0.2) is 0 Å². The summed E-state index contributed by atoms with van der Waals surface area (Å²) in [4.78, 5) is 17.5. The molecule has 1 unspecified atom stereocenters. The van der Waals surface area contributed by atoms with Gasteiger partial charge < -0.3 is 10.2 Å². The summed E-state index contributed by atoms with van der Waals surface area (Å²) < 4.78 is 0. The highest BCUT2D eigenvalue weighted by molar-refractivity contribution is 5.85. The van der Waals surface area contributed by atoms with E-state index in [-0.39, 0.29) is 30.2 Å². The summed E-state index contributed by atoms with van der Waals surface area (Å²) in [5, 5.41) is 3.39. The highest BCUT2D eigenvalue weighted by atomic mass is 35.5. The molecule has 2 heterocycles. The highest BCUT2D eigenvalue weighted by Gasteiger charge is 2.39. The van der Waals surface area contributed by atoms with Crippen LogP contribution >= 0.6 is 24.8 Å². The normalized spacial score (nSPS) is 30.5. The molecular formula is C16H31Cl2N3O. The summed E-state index contributed by atoms with van der Waals surface area (Å²) in [5.74, 6) is 0.385. The first-order valence-corrected chi connectivity index (χ1v) is 8.43. The van der Waals surface area contributed by atoms with Crippen molar-refractivity contribution < 1.29 is 4.79 Å². The number of halogens is 2. The SMILES string of the molecule is CC1(C(=O)N2CCN(C3CCCC3)CC2)CCCNC1.Cl.Cl. The first-order chi connectivity index (χ1) is 9.69. The molecule has 0 radical (unpaired) electrons. The van der Waals surface area contributed by atoms with Crippen LogP contribution < -0.4 is 5.32 Å². The third-order valence-electron chi connectivity index (χ3n) is 5.56. The number of nitrogens with one attached hydrogen (secondary N) is 1. The number of piperazine rings is 1. The lowest BCUT2D eigenvalue weighted by atomic mass is 9.81. The van der Waals surface area contributed by atoms with Gasteiger partial charge >= 0.3 is 0 Å². The Bertz CT molecular complexity index is 347. The van der Waals surface area contributed by atoms with Crippen molar-refractivity contribution in [1.82, 2.24) is 15.1 Å². The summed E-state index contributed by atoms with van der Waals surface area (Å²) in [7, 11) is 0. The maximum Gasteiger partial charge on any atom is 0.229 e. The second-order valence-electron chi connectivity index (χ2n) is 7.11. The molecule has 0 spiro atoms. The van der Waals surface area contributed by atoms with Gasteiger partial charge in [0.25, 0.3) is 0 Å². The van der Waals surface area contributed by atoms with E-state index < -0.39 is 0 Å². The van der Waals surface area contributed by atoms with Crippen molar-refractivity contribution in [3.05, 3.63) is 0 Å². The van der Waals surface area contributed by atoms with Gasteiger partial charge in [0.1, 0.15) is 0 Å². The maximum atomic E-state index is 12.8. The smallest absolute Gasteiger partial charge is 0.229 e. The quantitative estimate of drug-likeness (QED) is 0.828. The van der Waals surface area contributed by atoms with Crippen molar-refractivity contribution >= 4 is 30.7 Å². The van der Waals surface area contributed by atoms with Crippen LogP contribution in [-0.2, 0) is 4.79 Å². The van der Waals surface area contributed by atoms with Crippen LogP contribution in [0.5, 0.6) is 0 Å². The minimum absolute atomic E-state index is 0. The van der Waals surface area contributed by atoms with Gasteiger partial charge in [0.15, 0.2) is 0 Å². The largest absolute Gasteiger partial charge is 0.340 e. The van der Waals surface area contributed by atoms with Crippen molar-refractivity contribution in [2.75, 3.05) is 39.3 Å². The van der Waals surface area contributed by atoms with Crippen LogP contribution in [0.25, 0.3) is 0 Å². The standard InChI is InChI=1S/C16H29N3O.2ClH/c1-16(7-4-8-17-13-16)15(20)19-11-9-18(10-12-19)14-5-2-3-6-14;;/h14,17H,2-13H2,1H3;2*1H. The number of hydrogen-bond acceptors (Lipinski definition) is 3. The van der Waals surface area contributed by atoms with Crippen molar-refractivity contribution in [2.45, 2.75) is 51.5 Å². The zero-order valence-electron chi connectivity index (χ0n) is 13.7. The van der Waals surface area contributed by atoms with Crippen LogP contribution in [-0.4, -0.2) is 61.0 Å². The Labute approximate surface area is 147 Å². The molecule has 1 atom stereocenters. The number of nitrogens with zero attached hydrogens (tertiary/aromatic N) is 2. The van der Waals surface area contributed by atoms with E-state index in [1.807, 2.05) is 0 Å². The summed E-state index contributed by atoms with van der Waals surface area (Å²) in [6, 6.07) is 0.805. The lowest BCUT2D eigenvalue weighted by Gasteiger charge is -2.42. The van der Waals surface area contributed by atoms with Gasteiger partial charge in [-0.1, -0.05) is 12.8 Å². The number of carbonyl (C=O) groups excluding carboxylic acids is 1. The zero-order valence-corrected chi connectivity index (χ0v) is 15.3. The zero-order chi connectivity index (χ0) is 14.0. The lowest BCUT2D eigenvalue weighted by Crippen LogP contribution is -2.56. The van der Waals surface area contributed by atoms with E-state index in [1.165, 1.54) is 25.7 Å². The summed E-state index contributed by atoms with van der Waals surface area (Å²) >= 11 is 0. The first kappa shape index (κ1) is 20.0. The molecule has 1 aliphatic carbocycles.